The van der Waals surface area contributed by atoms with Crippen molar-refractivity contribution in [3.8, 4) is 11.4 Å². The molecule has 0 bridgehead atoms. The molecule has 0 saturated heterocycles. The van der Waals surface area contributed by atoms with E-state index >= 15 is 0 Å². The van der Waals surface area contributed by atoms with Gasteiger partial charge in [-0.15, -0.1) is 10.2 Å². The average molecular weight is 415 g/mol. The number of fused-ring (bicyclic) bond motifs is 1. The molecule has 4 rings (SSSR count). The topological polar surface area (TPSA) is 59.8 Å². The molecule has 1 aliphatic heterocycles. The predicted molar refractivity (Wildman–Crippen MR) is 112 cm³/mol. The van der Waals surface area contributed by atoms with E-state index in [-0.39, 0.29) is 12.3 Å². The maximum absolute atomic E-state index is 12.4. The predicted octanol–water partition coefficient (Wildman–Crippen LogP) is 5.16. The minimum atomic E-state index is -0.101. The zero-order valence-corrected chi connectivity index (χ0v) is 16.8. The Morgan fingerprint density at radius 1 is 1.04 bits per heavy atom. The van der Waals surface area contributed by atoms with Crippen LogP contribution in [0.3, 0.4) is 0 Å². The Morgan fingerprint density at radius 2 is 1.86 bits per heavy atom. The minimum Gasteiger partial charge on any atom is -0.326 e. The fourth-order valence-corrected chi connectivity index (χ4v) is 3.78. The van der Waals surface area contributed by atoms with Gasteiger partial charge in [0.1, 0.15) is 5.82 Å². The summed E-state index contributed by atoms with van der Waals surface area (Å²) in [5.41, 5.74) is 2.37. The van der Waals surface area contributed by atoms with Gasteiger partial charge in [-0.25, -0.2) is 0 Å². The first-order chi connectivity index (χ1) is 13.6. The second-order valence-electron chi connectivity index (χ2n) is 6.95. The van der Waals surface area contributed by atoms with Gasteiger partial charge < -0.3 is 9.88 Å². The molecule has 0 spiro atoms. The summed E-state index contributed by atoms with van der Waals surface area (Å²) in [6, 6.07) is 12.7. The molecule has 1 N–H and O–H groups in total. The largest absolute Gasteiger partial charge is 0.326 e. The third-order valence-electron chi connectivity index (χ3n) is 4.88. The summed E-state index contributed by atoms with van der Waals surface area (Å²) in [4.78, 5) is 12.4. The van der Waals surface area contributed by atoms with Crippen molar-refractivity contribution < 1.29 is 4.79 Å². The van der Waals surface area contributed by atoms with Crippen LogP contribution in [0, 0.1) is 0 Å². The van der Waals surface area contributed by atoms with E-state index in [2.05, 4.69) is 20.1 Å². The molecule has 1 aliphatic rings. The first-order valence-corrected chi connectivity index (χ1v) is 10.1. The quantitative estimate of drug-likeness (QED) is 0.641. The van der Waals surface area contributed by atoms with Gasteiger partial charge in [-0.1, -0.05) is 41.8 Å². The van der Waals surface area contributed by atoms with Crippen molar-refractivity contribution in [2.45, 2.75) is 38.6 Å². The number of nitrogens with one attached hydrogen (secondary N) is 1. The van der Waals surface area contributed by atoms with Crippen LogP contribution >= 0.6 is 23.2 Å². The highest BCUT2D eigenvalue weighted by molar-refractivity contribution is 6.33. The number of carbonyl (C=O) groups excluding carboxylic acids is 1. The van der Waals surface area contributed by atoms with Crippen LogP contribution in [-0.2, 0) is 24.2 Å². The number of anilines is 1. The van der Waals surface area contributed by atoms with Gasteiger partial charge in [0.2, 0.25) is 5.91 Å². The molecule has 0 aliphatic carbocycles. The second kappa shape index (κ2) is 8.33. The van der Waals surface area contributed by atoms with E-state index in [1.54, 1.807) is 24.3 Å². The Bertz CT molecular complexity index is 998. The van der Waals surface area contributed by atoms with Crippen LogP contribution in [0.25, 0.3) is 11.4 Å². The van der Waals surface area contributed by atoms with Gasteiger partial charge in [0, 0.05) is 29.2 Å². The summed E-state index contributed by atoms with van der Waals surface area (Å²) in [5, 5.41) is 12.9. The lowest BCUT2D eigenvalue weighted by Gasteiger charge is -2.11. The molecule has 7 heteroatoms. The molecule has 2 aromatic carbocycles. The van der Waals surface area contributed by atoms with Crippen LogP contribution < -0.4 is 5.32 Å². The van der Waals surface area contributed by atoms with Crippen LogP contribution in [0.2, 0.25) is 10.0 Å². The Hall–Kier alpha value is -2.37. The fraction of sp³-hybridized carbons (Fsp3) is 0.286. The van der Waals surface area contributed by atoms with Gasteiger partial charge in [0.25, 0.3) is 0 Å². The number of halogens is 2. The van der Waals surface area contributed by atoms with Gasteiger partial charge >= 0.3 is 0 Å². The molecule has 1 amide bonds. The first-order valence-electron chi connectivity index (χ1n) is 9.36. The number of nitrogens with zero attached hydrogens (tertiary/aromatic N) is 3. The Morgan fingerprint density at radius 3 is 2.68 bits per heavy atom. The number of aromatic nitrogens is 3. The lowest BCUT2D eigenvalue weighted by molar-refractivity contribution is -0.115. The van der Waals surface area contributed by atoms with E-state index in [9.17, 15) is 4.79 Å². The molecule has 5 nitrogen and oxygen atoms in total. The molecule has 3 aromatic rings. The number of aryl methyl sites for hydroxylation is 1. The van der Waals surface area contributed by atoms with E-state index in [0.29, 0.717) is 15.7 Å². The van der Waals surface area contributed by atoms with Gasteiger partial charge in [-0.3, -0.25) is 4.79 Å². The maximum atomic E-state index is 12.4. The van der Waals surface area contributed by atoms with E-state index in [4.69, 9.17) is 23.2 Å². The van der Waals surface area contributed by atoms with Gasteiger partial charge in [-0.05, 0) is 48.7 Å². The normalized spacial score (nSPS) is 13.6. The Labute approximate surface area is 173 Å². The summed E-state index contributed by atoms with van der Waals surface area (Å²) in [6.45, 7) is 0.890. The molecular weight excluding hydrogens is 395 g/mol. The van der Waals surface area contributed by atoms with Crippen molar-refractivity contribution in [1.82, 2.24) is 14.8 Å². The highest BCUT2D eigenvalue weighted by Crippen LogP contribution is 2.31. The van der Waals surface area contributed by atoms with Crippen LogP contribution in [-0.4, -0.2) is 20.7 Å². The standard InChI is InChI=1S/C21H20Cl2N4O/c22-15-7-5-14(6-8-15)12-20(28)24-16-9-10-18(23)17(13-16)21-26-25-19-4-2-1-3-11-27(19)21/h5-10,13H,1-4,11-12H2,(H,24,28). The molecule has 0 unspecified atom stereocenters. The van der Waals surface area contributed by atoms with Gasteiger partial charge in [0.05, 0.1) is 11.4 Å². The molecular formula is C21H20Cl2N4O. The highest BCUT2D eigenvalue weighted by Gasteiger charge is 2.18. The molecule has 144 valence electrons. The van der Waals surface area contributed by atoms with Crippen molar-refractivity contribution in [1.29, 1.82) is 0 Å². The summed E-state index contributed by atoms with van der Waals surface area (Å²) in [6.07, 6.45) is 4.63. The van der Waals surface area contributed by atoms with E-state index in [1.807, 2.05) is 18.2 Å². The monoisotopic (exact) mass is 414 g/mol. The summed E-state index contributed by atoms with van der Waals surface area (Å²) >= 11 is 12.3. The molecule has 0 atom stereocenters. The molecule has 28 heavy (non-hydrogen) atoms. The van der Waals surface area contributed by atoms with Crippen LogP contribution in [0.4, 0.5) is 5.69 Å². The SMILES string of the molecule is O=C(Cc1ccc(Cl)cc1)Nc1ccc(Cl)c(-c2nnc3n2CCCCC3)c1. The summed E-state index contributed by atoms with van der Waals surface area (Å²) in [7, 11) is 0. The number of amides is 1. The van der Waals surface area contributed by atoms with E-state index in [0.717, 1.165) is 48.6 Å². The summed E-state index contributed by atoms with van der Waals surface area (Å²) < 4.78 is 2.15. The van der Waals surface area contributed by atoms with Crippen molar-refractivity contribution in [3.05, 3.63) is 63.9 Å². The molecule has 0 saturated carbocycles. The fourth-order valence-electron chi connectivity index (χ4n) is 3.45. The summed E-state index contributed by atoms with van der Waals surface area (Å²) in [5.74, 6) is 1.66. The van der Waals surface area contributed by atoms with E-state index < -0.39 is 0 Å². The number of hydrogen-bond acceptors (Lipinski definition) is 3. The Balaban J connectivity index is 1.55. The average Bonchev–Trinajstić information content (AvgIpc) is 2.93. The van der Waals surface area contributed by atoms with Gasteiger partial charge in [-0.2, -0.15) is 0 Å². The number of carbonyl (C=O) groups is 1. The van der Waals surface area contributed by atoms with Crippen LogP contribution in [0.1, 0.15) is 30.7 Å². The zero-order chi connectivity index (χ0) is 19.5. The maximum Gasteiger partial charge on any atom is 0.228 e. The number of hydrogen-bond donors (Lipinski definition) is 1. The van der Waals surface area contributed by atoms with Crippen molar-refractivity contribution in [3.63, 3.8) is 0 Å². The van der Waals surface area contributed by atoms with Crippen molar-refractivity contribution in [2.75, 3.05) is 5.32 Å². The third kappa shape index (κ3) is 4.21. The van der Waals surface area contributed by atoms with Crippen molar-refractivity contribution >= 4 is 34.8 Å². The first kappa shape index (κ1) is 19.0. The molecule has 0 fully saturated rings. The number of rotatable bonds is 4. The zero-order valence-electron chi connectivity index (χ0n) is 15.3. The van der Waals surface area contributed by atoms with E-state index in [1.165, 1.54) is 6.42 Å². The van der Waals surface area contributed by atoms with Crippen LogP contribution in [0.15, 0.2) is 42.5 Å². The van der Waals surface area contributed by atoms with Crippen molar-refractivity contribution in [2.24, 2.45) is 0 Å². The third-order valence-corrected chi connectivity index (χ3v) is 5.46. The second-order valence-corrected chi connectivity index (χ2v) is 7.79. The smallest absolute Gasteiger partial charge is 0.228 e. The molecule has 1 aromatic heterocycles. The lowest BCUT2D eigenvalue weighted by atomic mass is 10.1. The minimum absolute atomic E-state index is 0.101. The number of benzene rings is 2. The van der Waals surface area contributed by atoms with Crippen LogP contribution in [0.5, 0.6) is 0 Å². The highest BCUT2D eigenvalue weighted by atomic mass is 35.5. The Kier molecular flexibility index (Phi) is 5.64. The lowest BCUT2D eigenvalue weighted by Crippen LogP contribution is -2.14. The molecule has 0 radical (unpaired) electrons. The van der Waals surface area contributed by atoms with Gasteiger partial charge in [0.15, 0.2) is 5.82 Å². The molecule has 2 heterocycles.